The lowest BCUT2D eigenvalue weighted by molar-refractivity contribution is -0.274. The molecule has 3 aromatic carbocycles. The number of rotatable bonds is 7. The highest BCUT2D eigenvalue weighted by Gasteiger charge is 2.31. The normalized spacial score (nSPS) is 11.7. The molecule has 0 atom stereocenters. The van der Waals surface area contributed by atoms with Gasteiger partial charge in [-0.1, -0.05) is 29.8 Å². The molecule has 0 aliphatic rings. The molecular weight excluding hydrogens is 481 g/mol. The van der Waals surface area contributed by atoms with Crippen molar-refractivity contribution in [2.75, 3.05) is 15.9 Å². The standard InChI is InChI=1S/C22H18ClF3N2O4S/c1-33(30,31)28(19-4-2-3-17(23)13-19)14-15-5-7-16(8-6-15)21(29)27-18-9-11-20(12-10-18)32-22(24,25)26/h2-13H,14H2,1H3,(H,27,29). The number of hydrogen-bond acceptors (Lipinski definition) is 4. The summed E-state index contributed by atoms with van der Waals surface area (Å²) in [5, 5.41) is 2.96. The summed E-state index contributed by atoms with van der Waals surface area (Å²) in [5.74, 6) is -0.888. The van der Waals surface area contributed by atoms with Crippen molar-refractivity contribution in [3.63, 3.8) is 0 Å². The summed E-state index contributed by atoms with van der Waals surface area (Å²) in [6.45, 7) is 0.0295. The second-order valence-corrected chi connectivity index (χ2v) is 9.32. The van der Waals surface area contributed by atoms with Crippen molar-refractivity contribution in [2.45, 2.75) is 12.9 Å². The molecule has 0 spiro atoms. The summed E-state index contributed by atoms with van der Waals surface area (Å²) in [4.78, 5) is 12.4. The summed E-state index contributed by atoms with van der Waals surface area (Å²) in [7, 11) is -3.60. The van der Waals surface area contributed by atoms with Gasteiger partial charge in [0.25, 0.3) is 5.91 Å². The number of nitrogens with zero attached hydrogens (tertiary/aromatic N) is 1. The minimum atomic E-state index is -4.80. The Morgan fingerprint density at radius 3 is 2.21 bits per heavy atom. The Morgan fingerprint density at radius 1 is 1.03 bits per heavy atom. The molecule has 33 heavy (non-hydrogen) atoms. The summed E-state index contributed by atoms with van der Waals surface area (Å²) >= 11 is 5.98. The lowest BCUT2D eigenvalue weighted by Gasteiger charge is -2.22. The first-order valence-electron chi connectivity index (χ1n) is 9.40. The number of ether oxygens (including phenoxy) is 1. The summed E-state index contributed by atoms with van der Waals surface area (Å²) in [6, 6.07) is 17.4. The summed E-state index contributed by atoms with van der Waals surface area (Å²) in [5.41, 5.74) is 1.60. The molecule has 6 nitrogen and oxygen atoms in total. The molecular formula is C22H18ClF3N2O4S. The van der Waals surface area contributed by atoms with Crippen LogP contribution in [0.5, 0.6) is 5.75 Å². The van der Waals surface area contributed by atoms with Crippen LogP contribution in [0.1, 0.15) is 15.9 Å². The van der Waals surface area contributed by atoms with Gasteiger partial charge in [-0.2, -0.15) is 0 Å². The predicted octanol–water partition coefficient (Wildman–Crippen LogP) is 5.46. The van der Waals surface area contributed by atoms with E-state index >= 15 is 0 Å². The van der Waals surface area contributed by atoms with Crippen molar-refractivity contribution in [3.05, 3.63) is 88.9 Å². The van der Waals surface area contributed by atoms with Crippen LogP contribution in [-0.2, 0) is 16.6 Å². The van der Waals surface area contributed by atoms with Gasteiger partial charge in [0.05, 0.1) is 18.5 Å². The number of hydrogen-bond donors (Lipinski definition) is 1. The highest BCUT2D eigenvalue weighted by Crippen LogP contribution is 2.25. The molecule has 11 heteroatoms. The van der Waals surface area contributed by atoms with E-state index in [0.29, 0.717) is 16.3 Å². The van der Waals surface area contributed by atoms with E-state index in [1.165, 1.54) is 34.6 Å². The quantitative estimate of drug-likeness (QED) is 0.469. The topological polar surface area (TPSA) is 75.7 Å². The molecule has 0 saturated heterocycles. The van der Waals surface area contributed by atoms with Crippen LogP contribution in [-0.4, -0.2) is 26.9 Å². The van der Waals surface area contributed by atoms with Crippen LogP contribution in [0.4, 0.5) is 24.5 Å². The molecule has 0 bridgehead atoms. The molecule has 0 aromatic heterocycles. The lowest BCUT2D eigenvalue weighted by Crippen LogP contribution is -2.29. The van der Waals surface area contributed by atoms with Crippen LogP contribution in [0.25, 0.3) is 0 Å². The first kappa shape index (κ1) is 24.4. The van der Waals surface area contributed by atoms with Crippen molar-refractivity contribution in [1.29, 1.82) is 0 Å². The predicted molar refractivity (Wildman–Crippen MR) is 120 cm³/mol. The molecule has 0 aliphatic heterocycles. The summed E-state index contributed by atoms with van der Waals surface area (Å²) < 4.78 is 66.2. The largest absolute Gasteiger partial charge is 0.573 e. The minimum absolute atomic E-state index is 0.0295. The van der Waals surface area contributed by atoms with E-state index in [1.807, 2.05) is 0 Å². The highest BCUT2D eigenvalue weighted by atomic mass is 35.5. The second kappa shape index (κ2) is 9.72. The van der Waals surface area contributed by atoms with Gasteiger partial charge in [0, 0.05) is 16.3 Å². The van der Waals surface area contributed by atoms with Gasteiger partial charge in [-0.3, -0.25) is 9.10 Å². The third-order valence-electron chi connectivity index (χ3n) is 4.38. The number of benzene rings is 3. The zero-order chi connectivity index (χ0) is 24.2. The van der Waals surface area contributed by atoms with E-state index in [0.717, 1.165) is 18.4 Å². The van der Waals surface area contributed by atoms with Crippen molar-refractivity contribution in [2.24, 2.45) is 0 Å². The molecule has 3 rings (SSSR count). The Bertz CT molecular complexity index is 1230. The van der Waals surface area contributed by atoms with Gasteiger partial charge >= 0.3 is 6.36 Å². The Hall–Kier alpha value is -3.24. The van der Waals surface area contributed by atoms with Crippen LogP contribution in [0.15, 0.2) is 72.8 Å². The number of amides is 1. The Labute approximate surface area is 193 Å². The zero-order valence-electron chi connectivity index (χ0n) is 17.1. The molecule has 3 aromatic rings. The molecule has 0 radical (unpaired) electrons. The number of nitrogens with one attached hydrogen (secondary N) is 1. The van der Waals surface area contributed by atoms with Crippen LogP contribution in [0.3, 0.4) is 0 Å². The zero-order valence-corrected chi connectivity index (χ0v) is 18.7. The SMILES string of the molecule is CS(=O)(=O)N(Cc1ccc(C(=O)Nc2ccc(OC(F)(F)F)cc2)cc1)c1cccc(Cl)c1. The average molecular weight is 499 g/mol. The molecule has 0 heterocycles. The lowest BCUT2D eigenvalue weighted by atomic mass is 10.1. The maximum Gasteiger partial charge on any atom is 0.573 e. The summed E-state index contributed by atoms with van der Waals surface area (Å²) in [6.07, 6.45) is -3.72. The van der Waals surface area contributed by atoms with E-state index in [9.17, 15) is 26.4 Å². The van der Waals surface area contributed by atoms with E-state index in [4.69, 9.17) is 11.6 Å². The van der Waals surface area contributed by atoms with Crippen molar-refractivity contribution in [1.82, 2.24) is 0 Å². The van der Waals surface area contributed by atoms with Gasteiger partial charge in [0.1, 0.15) is 5.75 Å². The fourth-order valence-corrected chi connectivity index (χ4v) is 3.97. The Balaban J connectivity index is 1.69. The Kier molecular flexibility index (Phi) is 7.19. The van der Waals surface area contributed by atoms with Crippen molar-refractivity contribution < 1.29 is 31.1 Å². The number of anilines is 2. The van der Waals surface area contributed by atoms with Gasteiger partial charge in [0.2, 0.25) is 10.0 Å². The van der Waals surface area contributed by atoms with Crippen LogP contribution >= 0.6 is 11.6 Å². The highest BCUT2D eigenvalue weighted by molar-refractivity contribution is 7.92. The molecule has 1 N–H and O–H groups in total. The first-order valence-corrected chi connectivity index (χ1v) is 11.6. The maximum absolute atomic E-state index is 12.4. The number of carbonyl (C=O) groups excluding carboxylic acids is 1. The monoisotopic (exact) mass is 498 g/mol. The molecule has 0 saturated carbocycles. The maximum atomic E-state index is 12.4. The average Bonchev–Trinajstić information content (AvgIpc) is 2.72. The smallest absolute Gasteiger partial charge is 0.406 e. The van der Waals surface area contributed by atoms with E-state index in [1.54, 1.807) is 30.3 Å². The third kappa shape index (κ3) is 7.13. The fourth-order valence-electron chi connectivity index (χ4n) is 2.90. The van der Waals surface area contributed by atoms with Gasteiger partial charge in [-0.15, -0.1) is 13.2 Å². The van der Waals surface area contributed by atoms with Crippen LogP contribution in [0.2, 0.25) is 5.02 Å². The number of halogens is 4. The third-order valence-corrected chi connectivity index (χ3v) is 5.76. The van der Waals surface area contributed by atoms with Gasteiger partial charge in [-0.25, -0.2) is 8.42 Å². The first-order chi connectivity index (χ1) is 15.4. The fraction of sp³-hybridized carbons (Fsp3) is 0.136. The van der Waals surface area contributed by atoms with E-state index < -0.39 is 28.0 Å². The molecule has 0 fully saturated rings. The van der Waals surface area contributed by atoms with Gasteiger partial charge in [-0.05, 0) is 60.2 Å². The number of sulfonamides is 1. The number of alkyl halides is 3. The van der Waals surface area contributed by atoms with Gasteiger partial charge < -0.3 is 10.1 Å². The molecule has 0 aliphatic carbocycles. The molecule has 0 unspecified atom stereocenters. The van der Waals surface area contributed by atoms with E-state index in [-0.39, 0.29) is 17.8 Å². The minimum Gasteiger partial charge on any atom is -0.406 e. The second-order valence-electron chi connectivity index (χ2n) is 6.97. The van der Waals surface area contributed by atoms with E-state index in [2.05, 4.69) is 10.1 Å². The Morgan fingerprint density at radius 2 is 1.67 bits per heavy atom. The molecule has 174 valence electrons. The molecule has 1 amide bonds. The van der Waals surface area contributed by atoms with Crippen molar-refractivity contribution in [3.8, 4) is 5.75 Å². The van der Waals surface area contributed by atoms with Crippen LogP contribution in [0, 0.1) is 0 Å². The van der Waals surface area contributed by atoms with Crippen LogP contribution < -0.4 is 14.4 Å². The number of carbonyl (C=O) groups is 1. The van der Waals surface area contributed by atoms with Gasteiger partial charge in [0.15, 0.2) is 0 Å². The van der Waals surface area contributed by atoms with Crippen molar-refractivity contribution >= 4 is 38.9 Å².